The zero-order valence-corrected chi connectivity index (χ0v) is 13.2. The fraction of sp³-hybridized carbons (Fsp3) is 0.333. The number of nitrogens with zero attached hydrogens (tertiary/aromatic N) is 1. The Morgan fingerprint density at radius 3 is 2.59 bits per heavy atom. The second-order valence-corrected chi connectivity index (χ2v) is 5.10. The molecule has 0 saturated carbocycles. The van der Waals surface area contributed by atoms with Crippen molar-refractivity contribution < 1.29 is 14.5 Å². The molecule has 0 aliphatic heterocycles. The van der Waals surface area contributed by atoms with Crippen molar-refractivity contribution in [1.29, 1.82) is 0 Å². The van der Waals surface area contributed by atoms with Crippen LogP contribution in [0.3, 0.4) is 0 Å². The number of hydrogen-bond acceptors (Lipinski definition) is 6. The van der Waals surface area contributed by atoms with Gasteiger partial charge < -0.3 is 16.8 Å². The van der Waals surface area contributed by atoms with Crippen LogP contribution in [-0.2, 0) is 4.79 Å². The summed E-state index contributed by atoms with van der Waals surface area (Å²) in [5.41, 5.74) is 10.2. The van der Waals surface area contributed by atoms with Crippen LogP contribution in [0, 0.1) is 10.1 Å². The summed E-state index contributed by atoms with van der Waals surface area (Å²) in [6.07, 6.45) is 0.670. The van der Waals surface area contributed by atoms with Crippen molar-refractivity contribution in [2.75, 3.05) is 18.8 Å². The molecule has 10 heteroatoms. The number of rotatable bonds is 8. The van der Waals surface area contributed by atoms with Crippen molar-refractivity contribution in [3.8, 4) is 0 Å². The van der Waals surface area contributed by atoms with Gasteiger partial charge in [0.25, 0.3) is 5.69 Å². The highest BCUT2D eigenvalue weighted by Crippen LogP contribution is 2.29. The second-order valence-electron chi connectivity index (χ2n) is 4.08. The molecule has 8 nitrogen and oxygen atoms in total. The molecule has 0 unspecified atom stereocenters. The predicted molar refractivity (Wildman–Crippen MR) is 86.3 cm³/mol. The predicted octanol–water partition coefficient (Wildman–Crippen LogP) is 0.673. The first-order valence-corrected chi connectivity index (χ1v) is 7.12. The first-order chi connectivity index (χ1) is 9.95. The van der Waals surface area contributed by atoms with Crippen LogP contribution in [0.1, 0.15) is 16.8 Å². The Morgan fingerprint density at radius 1 is 1.36 bits per heavy atom. The molecule has 0 heterocycles. The summed E-state index contributed by atoms with van der Waals surface area (Å²) in [5.74, 6) is -0.933. The van der Waals surface area contributed by atoms with Gasteiger partial charge in [-0.1, -0.05) is 0 Å². The number of primary amides is 1. The molecule has 1 rings (SSSR count). The molecule has 1 aromatic carbocycles. The third-order valence-corrected chi connectivity index (χ3v) is 3.56. The van der Waals surface area contributed by atoms with Crippen LogP contribution in [0.4, 0.5) is 5.69 Å². The number of thioether (sulfide) groups is 1. The normalized spacial score (nSPS) is 9.68. The zero-order chi connectivity index (χ0) is 15.8. The first kappa shape index (κ1) is 20.2. The van der Waals surface area contributed by atoms with E-state index in [1.165, 1.54) is 12.1 Å². The Bertz CT molecular complexity index is 556. The summed E-state index contributed by atoms with van der Waals surface area (Å²) in [6, 6.07) is 3.91. The molecule has 5 N–H and O–H groups in total. The fourth-order valence-corrected chi connectivity index (χ4v) is 2.29. The van der Waals surface area contributed by atoms with Crippen molar-refractivity contribution in [3.05, 3.63) is 33.9 Å². The van der Waals surface area contributed by atoms with E-state index in [1.54, 1.807) is 0 Å². The van der Waals surface area contributed by atoms with E-state index in [0.717, 1.165) is 17.8 Å². The summed E-state index contributed by atoms with van der Waals surface area (Å²) in [5, 5.41) is 13.6. The fourth-order valence-electron chi connectivity index (χ4n) is 1.46. The van der Waals surface area contributed by atoms with Gasteiger partial charge in [0.15, 0.2) is 0 Å². The van der Waals surface area contributed by atoms with Crippen LogP contribution in [0.2, 0.25) is 0 Å². The SMILES string of the molecule is Cl.NCCCNC(=O)CSc1ccc(C(N)=O)cc1[N+](=O)[O-]. The van der Waals surface area contributed by atoms with E-state index >= 15 is 0 Å². The average Bonchev–Trinajstić information content (AvgIpc) is 2.45. The largest absolute Gasteiger partial charge is 0.366 e. The number of halogens is 1. The highest BCUT2D eigenvalue weighted by Gasteiger charge is 2.17. The Morgan fingerprint density at radius 2 is 2.05 bits per heavy atom. The van der Waals surface area contributed by atoms with Gasteiger partial charge in [-0.3, -0.25) is 19.7 Å². The highest BCUT2D eigenvalue weighted by atomic mass is 35.5. The van der Waals surface area contributed by atoms with Gasteiger partial charge in [-0.15, -0.1) is 24.2 Å². The average molecular weight is 349 g/mol. The monoisotopic (exact) mass is 348 g/mol. The Hall–Kier alpha value is -1.84. The molecular formula is C12H17ClN4O4S. The standard InChI is InChI=1S/C12H16N4O4S.ClH/c13-4-1-5-15-11(17)7-21-10-3-2-8(12(14)18)6-9(10)16(19)20;/h2-3,6H,1,4-5,7,13H2,(H2,14,18)(H,15,17);1H. The molecule has 22 heavy (non-hydrogen) atoms. The number of carbonyl (C=O) groups excluding carboxylic acids is 2. The Labute approximate surface area is 137 Å². The molecule has 1 aromatic rings. The van der Waals surface area contributed by atoms with Crippen molar-refractivity contribution in [3.63, 3.8) is 0 Å². The lowest BCUT2D eigenvalue weighted by Crippen LogP contribution is -2.27. The van der Waals surface area contributed by atoms with Crippen LogP contribution in [0.15, 0.2) is 23.1 Å². The van der Waals surface area contributed by atoms with Crippen LogP contribution >= 0.6 is 24.2 Å². The van der Waals surface area contributed by atoms with Crippen molar-refractivity contribution in [2.45, 2.75) is 11.3 Å². The number of hydrogen-bond donors (Lipinski definition) is 3. The van der Waals surface area contributed by atoms with Crippen molar-refractivity contribution in [1.82, 2.24) is 5.32 Å². The number of amides is 2. The molecular weight excluding hydrogens is 332 g/mol. The van der Waals surface area contributed by atoms with Crippen molar-refractivity contribution >= 4 is 41.7 Å². The molecule has 122 valence electrons. The summed E-state index contributed by atoms with van der Waals surface area (Å²) in [7, 11) is 0. The van der Waals surface area contributed by atoms with Crippen LogP contribution in [0.5, 0.6) is 0 Å². The molecule has 0 atom stereocenters. The minimum absolute atomic E-state index is 0. The van der Waals surface area contributed by atoms with E-state index in [-0.39, 0.29) is 35.3 Å². The molecule has 0 bridgehead atoms. The van der Waals surface area contributed by atoms with E-state index < -0.39 is 10.8 Å². The maximum absolute atomic E-state index is 11.5. The van der Waals surface area contributed by atoms with Gasteiger partial charge in [-0.2, -0.15) is 0 Å². The quantitative estimate of drug-likeness (QED) is 0.273. The maximum atomic E-state index is 11.5. The molecule has 0 spiro atoms. The van der Waals surface area contributed by atoms with Crippen molar-refractivity contribution in [2.24, 2.45) is 11.5 Å². The lowest BCUT2D eigenvalue weighted by atomic mass is 10.2. The van der Waals surface area contributed by atoms with Crippen LogP contribution < -0.4 is 16.8 Å². The van der Waals surface area contributed by atoms with E-state index in [4.69, 9.17) is 11.5 Å². The molecule has 0 aromatic heterocycles. The second kappa shape index (κ2) is 9.98. The topological polar surface area (TPSA) is 141 Å². The first-order valence-electron chi connectivity index (χ1n) is 6.13. The van der Waals surface area contributed by atoms with Gasteiger partial charge in [-0.05, 0) is 25.1 Å². The van der Waals surface area contributed by atoms with Crippen LogP contribution in [0.25, 0.3) is 0 Å². The third-order valence-electron chi connectivity index (χ3n) is 2.50. The van der Waals surface area contributed by atoms with E-state index in [9.17, 15) is 19.7 Å². The molecule has 0 aliphatic rings. The number of carbonyl (C=O) groups is 2. The Kier molecular flexibility index (Phi) is 9.15. The lowest BCUT2D eigenvalue weighted by molar-refractivity contribution is -0.387. The van der Waals surface area contributed by atoms with Crippen LogP contribution in [-0.4, -0.2) is 35.6 Å². The van der Waals surface area contributed by atoms with E-state index in [2.05, 4.69) is 5.32 Å². The van der Waals surface area contributed by atoms with Gasteiger partial charge >= 0.3 is 0 Å². The smallest absolute Gasteiger partial charge is 0.283 e. The summed E-state index contributed by atoms with van der Waals surface area (Å²) in [4.78, 5) is 33.2. The molecule has 0 radical (unpaired) electrons. The molecule has 0 aliphatic carbocycles. The summed E-state index contributed by atoms with van der Waals surface area (Å²) in [6.45, 7) is 0.950. The minimum Gasteiger partial charge on any atom is -0.366 e. The van der Waals surface area contributed by atoms with E-state index in [1.807, 2.05) is 0 Å². The van der Waals surface area contributed by atoms with E-state index in [0.29, 0.717) is 24.4 Å². The number of benzene rings is 1. The minimum atomic E-state index is -0.742. The summed E-state index contributed by atoms with van der Waals surface area (Å²) >= 11 is 1.02. The summed E-state index contributed by atoms with van der Waals surface area (Å²) < 4.78 is 0. The third kappa shape index (κ3) is 6.29. The maximum Gasteiger partial charge on any atom is 0.283 e. The van der Waals surface area contributed by atoms with Gasteiger partial charge in [0.2, 0.25) is 11.8 Å². The van der Waals surface area contributed by atoms with Gasteiger partial charge in [0.1, 0.15) is 0 Å². The van der Waals surface area contributed by atoms with Gasteiger partial charge in [-0.25, -0.2) is 0 Å². The Balaban J connectivity index is 0.00000441. The number of nitro groups is 1. The number of nitrogens with two attached hydrogens (primary N) is 2. The highest BCUT2D eigenvalue weighted by molar-refractivity contribution is 8.00. The molecule has 2 amide bonds. The number of nitro benzene ring substituents is 1. The molecule has 0 fully saturated rings. The van der Waals surface area contributed by atoms with Gasteiger partial charge in [0, 0.05) is 18.2 Å². The number of nitrogens with one attached hydrogen (secondary N) is 1. The van der Waals surface area contributed by atoms with Gasteiger partial charge in [0.05, 0.1) is 15.6 Å². The molecule has 0 saturated heterocycles. The lowest BCUT2D eigenvalue weighted by Gasteiger charge is -2.05. The zero-order valence-electron chi connectivity index (χ0n) is 11.6.